The van der Waals surface area contributed by atoms with Crippen LogP contribution in [0.5, 0.6) is 0 Å². The number of likely N-dealkylation sites (tertiary alicyclic amines) is 1. The van der Waals surface area contributed by atoms with E-state index in [0.717, 1.165) is 39.1 Å². The summed E-state index contributed by atoms with van der Waals surface area (Å²) in [5, 5.41) is 4.39. The Labute approximate surface area is 141 Å². The SMILES string of the molecule is c1cc(CO[C@H]2CO[C@@]3(CCN(Cc4ccsc4)C3)C2)ccn1. The largest absolute Gasteiger partial charge is 0.371 e. The van der Waals surface area contributed by atoms with Crippen LogP contribution in [0.15, 0.2) is 41.4 Å². The van der Waals surface area contributed by atoms with Crippen LogP contribution in [0.2, 0.25) is 0 Å². The summed E-state index contributed by atoms with van der Waals surface area (Å²) in [7, 11) is 0. The zero-order valence-electron chi connectivity index (χ0n) is 13.2. The average Bonchev–Trinajstić information content (AvgIpc) is 3.31. The van der Waals surface area contributed by atoms with Crippen molar-refractivity contribution in [2.24, 2.45) is 0 Å². The molecular formula is C18H22N2O2S. The van der Waals surface area contributed by atoms with Gasteiger partial charge in [0.2, 0.25) is 0 Å². The second kappa shape index (κ2) is 6.69. The van der Waals surface area contributed by atoms with Crippen LogP contribution in [0.1, 0.15) is 24.0 Å². The first-order chi connectivity index (χ1) is 11.3. The number of thiophene rings is 1. The van der Waals surface area contributed by atoms with Gasteiger partial charge >= 0.3 is 0 Å². The van der Waals surface area contributed by atoms with Gasteiger partial charge in [0.1, 0.15) is 0 Å². The van der Waals surface area contributed by atoms with Crippen molar-refractivity contribution in [3.8, 4) is 0 Å². The van der Waals surface area contributed by atoms with E-state index in [1.54, 1.807) is 11.3 Å². The van der Waals surface area contributed by atoms with Gasteiger partial charge < -0.3 is 9.47 Å². The number of hydrogen-bond acceptors (Lipinski definition) is 5. The third-order valence-electron chi connectivity index (χ3n) is 4.79. The van der Waals surface area contributed by atoms with E-state index in [9.17, 15) is 0 Å². The minimum atomic E-state index is 0.0128. The van der Waals surface area contributed by atoms with E-state index < -0.39 is 0 Å². The van der Waals surface area contributed by atoms with Crippen LogP contribution in [0, 0.1) is 0 Å². The van der Waals surface area contributed by atoms with Crippen LogP contribution in [-0.2, 0) is 22.6 Å². The van der Waals surface area contributed by atoms with Crippen molar-refractivity contribution in [1.82, 2.24) is 9.88 Å². The summed E-state index contributed by atoms with van der Waals surface area (Å²) in [6, 6.07) is 6.22. The van der Waals surface area contributed by atoms with Gasteiger partial charge in [-0.3, -0.25) is 9.88 Å². The summed E-state index contributed by atoms with van der Waals surface area (Å²) < 4.78 is 12.2. The normalized spacial score (nSPS) is 27.9. The molecule has 4 nitrogen and oxygen atoms in total. The second-order valence-corrected chi connectivity index (χ2v) is 7.36. The molecular weight excluding hydrogens is 308 g/mol. The van der Waals surface area contributed by atoms with E-state index in [1.165, 1.54) is 11.1 Å². The molecule has 2 aromatic rings. The molecule has 0 aliphatic carbocycles. The Balaban J connectivity index is 1.28. The number of aromatic nitrogens is 1. The fraction of sp³-hybridized carbons (Fsp3) is 0.500. The third-order valence-corrected chi connectivity index (χ3v) is 5.52. The summed E-state index contributed by atoms with van der Waals surface area (Å²) in [6.07, 6.45) is 5.96. The van der Waals surface area contributed by atoms with Gasteiger partial charge in [-0.15, -0.1) is 0 Å². The van der Waals surface area contributed by atoms with E-state index in [0.29, 0.717) is 6.61 Å². The number of ether oxygens (including phenoxy) is 2. The lowest BCUT2D eigenvalue weighted by molar-refractivity contribution is -0.000424. The minimum Gasteiger partial charge on any atom is -0.371 e. The molecule has 2 atom stereocenters. The lowest BCUT2D eigenvalue weighted by Crippen LogP contribution is -2.32. The quantitative estimate of drug-likeness (QED) is 0.844. The fourth-order valence-corrected chi connectivity index (χ4v) is 4.25. The highest BCUT2D eigenvalue weighted by Gasteiger charge is 2.45. The van der Waals surface area contributed by atoms with Crippen LogP contribution < -0.4 is 0 Å². The Morgan fingerprint density at radius 3 is 3.04 bits per heavy atom. The van der Waals surface area contributed by atoms with Crippen molar-refractivity contribution < 1.29 is 9.47 Å². The van der Waals surface area contributed by atoms with Crippen molar-refractivity contribution >= 4 is 11.3 Å². The smallest absolute Gasteiger partial charge is 0.0847 e. The molecule has 0 N–H and O–H groups in total. The second-order valence-electron chi connectivity index (χ2n) is 6.58. The zero-order chi connectivity index (χ0) is 15.5. The molecule has 2 aliphatic rings. The molecule has 1 spiro atoms. The summed E-state index contributed by atoms with van der Waals surface area (Å²) >= 11 is 1.77. The molecule has 4 heterocycles. The molecule has 2 fully saturated rings. The summed E-state index contributed by atoms with van der Waals surface area (Å²) in [5.41, 5.74) is 2.60. The van der Waals surface area contributed by atoms with E-state index >= 15 is 0 Å². The standard InChI is InChI=1S/C18H22N2O2S/c1-5-19-6-2-15(1)11-21-17-9-18(22-12-17)4-7-20(14-18)10-16-3-8-23-13-16/h1-3,5-6,8,13,17H,4,7,9-12,14H2/t17-,18+/m1/s1. The fourth-order valence-electron chi connectivity index (χ4n) is 3.59. The lowest BCUT2D eigenvalue weighted by Gasteiger charge is -2.23. The predicted octanol–water partition coefficient (Wildman–Crippen LogP) is 3.09. The van der Waals surface area contributed by atoms with Crippen molar-refractivity contribution in [2.75, 3.05) is 19.7 Å². The molecule has 23 heavy (non-hydrogen) atoms. The Morgan fingerprint density at radius 1 is 1.30 bits per heavy atom. The maximum absolute atomic E-state index is 6.18. The molecule has 2 saturated heterocycles. The van der Waals surface area contributed by atoms with Gasteiger partial charge in [0, 0.05) is 38.4 Å². The van der Waals surface area contributed by atoms with Crippen LogP contribution in [0.3, 0.4) is 0 Å². The van der Waals surface area contributed by atoms with E-state index in [1.807, 2.05) is 24.5 Å². The molecule has 2 aromatic heterocycles. The molecule has 122 valence electrons. The molecule has 0 radical (unpaired) electrons. The van der Waals surface area contributed by atoms with Crippen LogP contribution in [0.25, 0.3) is 0 Å². The van der Waals surface area contributed by atoms with E-state index in [4.69, 9.17) is 9.47 Å². The first kappa shape index (κ1) is 15.3. The van der Waals surface area contributed by atoms with Gasteiger partial charge in [0.15, 0.2) is 0 Å². The van der Waals surface area contributed by atoms with Crippen molar-refractivity contribution in [1.29, 1.82) is 0 Å². The number of nitrogens with zero attached hydrogens (tertiary/aromatic N) is 2. The zero-order valence-corrected chi connectivity index (χ0v) is 14.0. The van der Waals surface area contributed by atoms with Gasteiger partial charge in [-0.05, 0) is 46.5 Å². The Bertz CT molecular complexity index is 619. The van der Waals surface area contributed by atoms with Crippen molar-refractivity contribution in [2.45, 2.75) is 37.7 Å². The van der Waals surface area contributed by atoms with Crippen molar-refractivity contribution in [3.05, 3.63) is 52.5 Å². The van der Waals surface area contributed by atoms with E-state index in [2.05, 4.69) is 26.7 Å². The molecule has 0 unspecified atom stereocenters. The van der Waals surface area contributed by atoms with Crippen LogP contribution in [-0.4, -0.2) is 41.3 Å². The molecule has 5 heteroatoms. The predicted molar refractivity (Wildman–Crippen MR) is 90.3 cm³/mol. The number of pyridine rings is 1. The lowest BCUT2D eigenvalue weighted by atomic mass is 9.98. The number of rotatable bonds is 5. The van der Waals surface area contributed by atoms with Gasteiger partial charge in [-0.25, -0.2) is 0 Å². The highest BCUT2D eigenvalue weighted by molar-refractivity contribution is 7.07. The Morgan fingerprint density at radius 2 is 2.22 bits per heavy atom. The molecule has 0 bridgehead atoms. The van der Waals surface area contributed by atoms with Gasteiger partial charge in [0.25, 0.3) is 0 Å². The summed E-state index contributed by atoms with van der Waals surface area (Å²) in [4.78, 5) is 6.54. The van der Waals surface area contributed by atoms with Gasteiger partial charge in [-0.2, -0.15) is 11.3 Å². The molecule has 0 saturated carbocycles. The first-order valence-electron chi connectivity index (χ1n) is 8.19. The van der Waals surface area contributed by atoms with Gasteiger partial charge in [-0.1, -0.05) is 0 Å². The monoisotopic (exact) mass is 330 g/mol. The molecule has 2 aliphatic heterocycles. The topological polar surface area (TPSA) is 34.6 Å². The highest BCUT2D eigenvalue weighted by atomic mass is 32.1. The molecule has 4 rings (SSSR count). The van der Waals surface area contributed by atoms with E-state index in [-0.39, 0.29) is 11.7 Å². The molecule has 0 aromatic carbocycles. The average molecular weight is 330 g/mol. The maximum Gasteiger partial charge on any atom is 0.0847 e. The van der Waals surface area contributed by atoms with Gasteiger partial charge in [0.05, 0.1) is 24.9 Å². The summed E-state index contributed by atoms with van der Waals surface area (Å²) in [5.74, 6) is 0. The van der Waals surface area contributed by atoms with Crippen LogP contribution >= 0.6 is 11.3 Å². The Hall–Kier alpha value is -1.27. The Kier molecular flexibility index (Phi) is 4.44. The highest BCUT2D eigenvalue weighted by Crippen LogP contribution is 2.37. The number of hydrogen-bond donors (Lipinski definition) is 0. The van der Waals surface area contributed by atoms with Crippen molar-refractivity contribution in [3.63, 3.8) is 0 Å². The molecule has 0 amide bonds. The van der Waals surface area contributed by atoms with Crippen LogP contribution in [0.4, 0.5) is 0 Å². The third kappa shape index (κ3) is 3.63. The minimum absolute atomic E-state index is 0.0128. The maximum atomic E-state index is 6.18. The first-order valence-corrected chi connectivity index (χ1v) is 9.14. The summed E-state index contributed by atoms with van der Waals surface area (Å²) in [6.45, 7) is 4.55.